The van der Waals surface area contributed by atoms with Gasteiger partial charge in [0.05, 0.1) is 16.9 Å². The highest BCUT2D eigenvalue weighted by atomic mass is 32.1. The summed E-state index contributed by atoms with van der Waals surface area (Å²) < 4.78 is 18.9. The van der Waals surface area contributed by atoms with E-state index in [2.05, 4.69) is 10.2 Å². The third kappa shape index (κ3) is 2.93. The van der Waals surface area contributed by atoms with Gasteiger partial charge < -0.3 is 14.8 Å². The number of aromatic nitrogens is 1. The van der Waals surface area contributed by atoms with Crippen LogP contribution in [0.15, 0.2) is 18.2 Å². The lowest BCUT2D eigenvalue weighted by molar-refractivity contribution is 0.431. The summed E-state index contributed by atoms with van der Waals surface area (Å²) in [6.07, 6.45) is 0. The summed E-state index contributed by atoms with van der Waals surface area (Å²) in [7, 11) is 4.05. The molecule has 0 aliphatic carbocycles. The van der Waals surface area contributed by atoms with E-state index in [0.29, 0.717) is 19.8 Å². The Labute approximate surface area is 104 Å². The lowest BCUT2D eigenvalue weighted by Gasteiger charge is -2.15. The van der Waals surface area contributed by atoms with Crippen LogP contribution in [0.5, 0.6) is 0 Å². The van der Waals surface area contributed by atoms with Crippen LogP contribution in [0.4, 0.5) is 9.52 Å². The molecule has 0 aliphatic rings. The van der Waals surface area contributed by atoms with E-state index in [1.165, 1.54) is 23.5 Å². The lowest BCUT2D eigenvalue weighted by Crippen LogP contribution is -2.34. The van der Waals surface area contributed by atoms with Gasteiger partial charge in [0.25, 0.3) is 0 Å². The molecule has 2 aromatic rings. The molecule has 0 amide bonds. The predicted molar refractivity (Wildman–Crippen MR) is 70.1 cm³/mol. The van der Waals surface area contributed by atoms with Crippen LogP contribution < -0.4 is 10.1 Å². The zero-order valence-corrected chi connectivity index (χ0v) is 10.6. The van der Waals surface area contributed by atoms with Gasteiger partial charge in [0.2, 0.25) is 0 Å². The normalized spacial score (nSPS) is 10.8. The Balaban J connectivity index is 2.12. The minimum atomic E-state index is -0.255. The lowest BCUT2D eigenvalue weighted by atomic mass is 10.3. The van der Waals surface area contributed by atoms with Crippen LogP contribution in [0, 0.1) is 5.82 Å². The van der Waals surface area contributed by atoms with Crippen LogP contribution in [-0.4, -0.2) is 33.4 Å². The van der Waals surface area contributed by atoms with Crippen molar-refractivity contribution >= 4 is 34.3 Å². The molecule has 0 atom stereocenters. The fraction of sp³-hybridized carbons (Fsp3) is 0.300. The molecule has 0 unspecified atom stereocenters. The quantitative estimate of drug-likeness (QED) is 0.495. The second kappa shape index (κ2) is 5.44. The molecule has 1 heterocycles. The SMILES string of the molecule is COBNCN(C)c1nc2cc(F)ccc2s1. The average Bonchev–Trinajstić information content (AvgIpc) is 2.72. The Morgan fingerprint density at radius 1 is 1.59 bits per heavy atom. The standard InChI is InChI=1S/C10H13BFN3OS/c1-15(6-13-11-16-2)10-14-8-5-7(12)3-4-9(8)17-10/h3-5,11,13H,6H2,1-2H3. The van der Waals surface area contributed by atoms with E-state index in [0.717, 1.165) is 9.83 Å². The van der Waals surface area contributed by atoms with Gasteiger partial charge in [-0.15, -0.1) is 0 Å². The van der Waals surface area contributed by atoms with Crippen molar-refractivity contribution in [3.05, 3.63) is 24.0 Å². The van der Waals surface area contributed by atoms with Crippen LogP contribution in [0.2, 0.25) is 0 Å². The van der Waals surface area contributed by atoms with Gasteiger partial charge in [-0.2, -0.15) is 0 Å². The number of benzene rings is 1. The van der Waals surface area contributed by atoms with Gasteiger partial charge in [0, 0.05) is 20.2 Å². The molecule has 0 spiro atoms. The van der Waals surface area contributed by atoms with E-state index in [1.807, 2.05) is 11.9 Å². The van der Waals surface area contributed by atoms with Gasteiger partial charge in [-0.05, 0) is 12.1 Å². The maximum Gasteiger partial charge on any atom is 0.361 e. The largest absolute Gasteiger partial charge is 0.427 e. The Morgan fingerprint density at radius 2 is 2.41 bits per heavy atom. The van der Waals surface area contributed by atoms with Crippen molar-refractivity contribution in [2.75, 3.05) is 25.7 Å². The van der Waals surface area contributed by atoms with Gasteiger partial charge in [0.1, 0.15) is 5.82 Å². The molecule has 0 fully saturated rings. The Hall–Kier alpha value is -1.18. The van der Waals surface area contributed by atoms with E-state index in [4.69, 9.17) is 4.65 Å². The number of anilines is 1. The zero-order chi connectivity index (χ0) is 12.3. The number of hydrogen-bond donors (Lipinski definition) is 1. The topological polar surface area (TPSA) is 37.4 Å². The van der Waals surface area contributed by atoms with Crippen molar-refractivity contribution in [3.63, 3.8) is 0 Å². The first kappa shape index (κ1) is 12.3. The Kier molecular flexibility index (Phi) is 3.93. The van der Waals surface area contributed by atoms with Crippen molar-refractivity contribution in [3.8, 4) is 0 Å². The summed E-state index contributed by atoms with van der Waals surface area (Å²) in [5.74, 6) is -0.255. The molecule has 4 nitrogen and oxygen atoms in total. The first-order valence-electron chi connectivity index (χ1n) is 5.17. The van der Waals surface area contributed by atoms with Gasteiger partial charge in [-0.25, -0.2) is 9.37 Å². The molecule has 17 heavy (non-hydrogen) atoms. The molecular formula is C10H13BFN3OS. The van der Waals surface area contributed by atoms with Crippen LogP contribution in [0.1, 0.15) is 0 Å². The zero-order valence-electron chi connectivity index (χ0n) is 9.74. The minimum Gasteiger partial charge on any atom is -0.427 e. The van der Waals surface area contributed by atoms with E-state index in [1.54, 1.807) is 13.2 Å². The van der Waals surface area contributed by atoms with E-state index >= 15 is 0 Å². The van der Waals surface area contributed by atoms with Crippen LogP contribution in [0.3, 0.4) is 0 Å². The predicted octanol–water partition coefficient (Wildman–Crippen LogP) is 1.33. The highest BCUT2D eigenvalue weighted by Gasteiger charge is 2.08. The molecular weight excluding hydrogens is 240 g/mol. The second-order valence-electron chi connectivity index (χ2n) is 3.65. The highest BCUT2D eigenvalue weighted by molar-refractivity contribution is 7.22. The fourth-order valence-corrected chi connectivity index (χ4v) is 2.34. The molecule has 1 aromatic heterocycles. The third-order valence-corrected chi connectivity index (χ3v) is 3.41. The molecule has 0 saturated carbocycles. The molecule has 90 valence electrons. The number of fused-ring (bicyclic) bond motifs is 1. The van der Waals surface area contributed by atoms with Crippen molar-refractivity contribution in [1.82, 2.24) is 10.2 Å². The van der Waals surface area contributed by atoms with Gasteiger partial charge >= 0.3 is 7.62 Å². The fourth-order valence-electron chi connectivity index (χ4n) is 1.43. The summed E-state index contributed by atoms with van der Waals surface area (Å²) in [4.78, 5) is 6.34. The average molecular weight is 253 g/mol. The summed E-state index contributed by atoms with van der Waals surface area (Å²) in [5.41, 5.74) is 0.698. The second-order valence-corrected chi connectivity index (χ2v) is 4.66. The monoisotopic (exact) mass is 253 g/mol. The number of nitrogens with zero attached hydrogens (tertiary/aromatic N) is 2. The van der Waals surface area contributed by atoms with E-state index < -0.39 is 0 Å². The Morgan fingerprint density at radius 3 is 3.18 bits per heavy atom. The molecule has 0 saturated heterocycles. The number of thiazole rings is 1. The van der Waals surface area contributed by atoms with Crippen molar-refractivity contribution in [2.24, 2.45) is 0 Å². The molecule has 2 rings (SSSR count). The van der Waals surface area contributed by atoms with Gasteiger partial charge in [-0.1, -0.05) is 11.3 Å². The Bertz CT molecular complexity index is 507. The molecule has 1 aromatic carbocycles. The van der Waals surface area contributed by atoms with Crippen molar-refractivity contribution < 1.29 is 9.04 Å². The molecule has 0 aliphatic heterocycles. The number of rotatable bonds is 5. The summed E-state index contributed by atoms with van der Waals surface area (Å²) in [5, 5.41) is 3.94. The van der Waals surface area contributed by atoms with Gasteiger partial charge in [0.15, 0.2) is 5.13 Å². The molecule has 0 radical (unpaired) electrons. The van der Waals surface area contributed by atoms with Crippen LogP contribution in [-0.2, 0) is 4.65 Å². The molecule has 1 N–H and O–H groups in total. The van der Waals surface area contributed by atoms with Crippen molar-refractivity contribution in [1.29, 1.82) is 0 Å². The summed E-state index contributed by atoms with van der Waals surface area (Å²) >= 11 is 1.54. The van der Waals surface area contributed by atoms with Gasteiger partial charge in [-0.3, -0.25) is 0 Å². The number of nitrogens with one attached hydrogen (secondary N) is 1. The maximum atomic E-state index is 13.0. The van der Waals surface area contributed by atoms with Crippen molar-refractivity contribution in [2.45, 2.75) is 0 Å². The number of halogens is 1. The van der Waals surface area contributed by atoms with Crippen LogP contribution >= 0.6 is 11.3 Å². The first-order valence-corrected chi connectivity index (χ1v) is 5.99. The molecule has 7 heteroatoms. The summed E-state index contributed by atoms with van der Waals surface area (Å²) in [6.45, 7) is 0.635. The number of hydrogen-bond acceptors (Lipinski definition) is 5. The van der Waals surface area contributed by atoms with E-state index in [-0.39, 0.29) is 5.82 Å². The highest BCUT2D eigenvalue weighted by Crippen LogP contribution is 2.28. The molecule has 0 bridgehead atoms. The third-order valence-electron chi connectivity index (χ3n) is 2.26. The minimum absolute atomic E-state index is 0.255. The summed E-state index contributed by atoms with van der Waals surface area (Å²) in [6, 6.07) is 4.65. The first-order chi connectivity index (χ1) is 8.20. The van der Waals surface area contributed by atoms with Crippen LogP contribution in [0.25, 0.3) is 10.2 Å². The van der Waals surface area contributed by atoms with E-state index in [9.17, 15) is 4.39 Å². The maximum absolute atomic E-state index is 13.0. The smallest absolute Gasteiger partial charge is 0.361 e.